The molecular formula is C13H17ClO3. The summed E-state index contributed by atoms with van der Waals surface area (Å²) < 4.78 is 5.51. The molecule has 3 nitrogen and oxygen atoms in total. The summed E-state index contributed by atoms with van der Waals surface area (Å²) in [5.74, 6) is -0.390. The Labute approximate surface area is 106 Å². The molecule has 0 radical (unpaired) electrons. The van der Waals surface area contributed by atoms with Crippen molar-refractivity contribution in [2.24, 2.45) is 0 Å². The summed E-state index contributed by atoms with van der Waals surface area (Å²) in [5, 5.41) is 9.61. The number of hydrogen-bond acceptors (Lipinski definition) is 2. The van der Waals surface area contributed by atoms with Crippen LogP contribution in [0.25, 0.3) is 0 Å². The maximum atomic E-state index is 11.0. The molecule has 1 unspecified atom stereocenters. The van der Waals surface area contributed by atoms with E-state index in [1.54, 1.807) is 12.1 Å². The Morgan fingerprint density at radius 1 is 1.53 bits per heavy atom. The van der Waals surface area contributed by atoms with Crippen molar-refractivity contribution >= 4 is 17.6 Å². The molecule has 0 fully saturated rings. The molecule has 0 heterocycles. The van der Waals surface area contributed by atoms with E-state index in [0.29, 0.717) is 17.2 Å². The molecular weight excluding hydrogens is 240 g/mol. The molecule has 0 saturated heterocycles. The largest absolute Gasteiger partial charge is 0.479 e. The van der Waals surface area contributed by atoms with E-state index in [4.69, 9.17) is 21.4 Å². The lowest BCUT2D eigenvalue weighted by Gasteiger charge is -2.16. The van der Waals surface area contributed by atoms with E-state index in [-0.39, 0.29) is 0 Å². The molecule has 1 aromatic rings. The third-order valence-corrected chi connectivity index (χ3v) is 2.75. The molecule has 0 aliphatic heterocycles. The normalized spacial score (nSPS) is 12.2. The Morgan fingerprint density at radius 2 is 2.24 bits per heavy atom. The summed E-state index contributed by atoms with van der Waals surface area (Å²) in [6, 6.07) is 5.22. The van der Waals surface area contributed by atoms with Crippen molar-refractivity contribution < 1.29 is 14.6 Å². The quantitative estimate of drug-likeness (QED) is 0.845. The molecule has 17 heavy (non-hydrogen) atoms. The van der Waals surface area contributed by atoms with Gasteiger partial charge < -0.3 is 9.84 Å². The second-order valence-corrected chi connectivity index (χ2v) is 4.43. The Morgan fingerprint density at radius 3 is 2.82 bits per heavy atom. The third-order valence-electron chi connectivity index (χ3n) is 2.51. The Kier molecular flexibility index (Phi) is 5.29. The summed E-state index contributed by atoms with van der Waals surface area (Å²) in [7, 11) is 0. The Bertz CT molecular complexity index is 390. The molecule has 0 amide bonds. The number of carbonyl (C=O) groups is 1. The first kappa shape index (κ1) is 13.8. The standard InChI is InChI=1S/C13H17ClO3/c1-3-4-5-11(13(15)16)17-12-8-10(14)7-6-9(12)2/h6-8,11H,3-5H2,1-2H3,(H,15,16). The summed E-state index contributed by atoms with van der Waals surface area (Å²) in [4.78, 5) is 11.0. The van der Waals surface area contributed by atoms with Crippen LogP contribution >= 0.6 is 11.6 Å². The van der Waals surface area contributed by atoms with Gasteiger partial charge in [0.25, 0.3) is 0 Å². The second kappa shape index (κ2) is 6.50. The summed E-state index contributed by atoms with van der Waals surface area (Å²) in [5.41, 5.74) is 0.886. The van der Waals surface area contributed by atoms with Crippen molar-refractivity contribution in [3.8, 4) is 5.75 Å². The van der Waals surface area contributed by atoms with E-state index in [2.05, 4.69) is 0 Å². The summed E-state index contributed by atoms with van der Waals surface area (Å²) in [6.45, 7) is 3.88. The van der Waals surface area contributed by atoms with Crippen LogP contribution in [0, 0.1) is 6.92 Å². The minimum atomic E-state index is -0.933. The number of carboxylic acid groups (broad SMARTS) is 1. The van der Waals surface area contributed by atoms with Crippen LogP contribution in [-0.4, -0.2) is 17.2 Å². The highest BCUT2D eigenvalue weighted by Gasteiger charge is 2.19. The van der Waals surface area contributed by atoms with Gasteiger partial charge in [-0.2, -0.15) is 0 Å². The first-order valence-electron chi connectivity index (χ1n) is 5.70. The minimum Gasteiger partial charge on any atom is -0.479 e. The van der Waals surface area contributed by atoms with Gasteiger partial charge in [-0.15, -0.1) is 0 Å². The predicted octanol–water partition coefficient (Wildman–Crippen LogP) is 3.67. The van der Waals surface area contributed by atoms with Gasteiger partial charge >= 0.3 is 5.97 Å². The zero-order valence-electron chi connectivity index (χ0n) is 10.1. The highest BCUT2D eigenvalue weighted by atomic mass is 35.5. The molecule has 4 heteroatoms. The Balaban J connectivity index is 2.78. The average Bonchev–Trinajstić information content (AvgIpc) is 2.28. The topological polar surface area (TPSA) is 46.5 Å². The van der Waals surface area contributed by atoms with Gasteiger partial charge in [0.05, 0.1) is 0 Å². The smallest absolute Gasteiger partial charge is 0.344 e. The highest BCUT2D eigenvalue weighted by Crippen LogP contribution is 2.24. The summed E-state index contributed by atoms with van der Waals surface area (Å²) >= 11 is 5.86. The second-order valence-electron chi connectivity index (χ2n) is 4.00. The van der Waals surface area contributed by atoms with Gasteiger partial charge in [-0.1, -0.05) is 31.0 Å². The predicted molar refractivity (Wildman–Crippen MR) is 67.8 cm³/mol. The molecule has 0 saturated carbocycles. The number of aryl methyl sites for hydroxylation is 1. The number of unbranched alkanes of at least 4 members (excludes halogenated alkanes) is 1. The number of halogens is 1. The fourth-order valence-electron chi connectivity index (χ4n) is 1.48. The van der Waals surface area contributed by atoms with Crippen molar-refractivity contribution in [3.05, 3.63) is 28.8 Å². The number of ether oxygens (including phenoxy) is 1. The van der Waals surface area contributed by atoms with Gasteiger partial charge in [-0.25, -0.2) is 4.79 Å². The first-order chi connectivity index (χ1) is 8.04. The van der Waals surface area contributed by atoms with Crippen LogP contribution in [0.3, 0.4) is 0 Å². The van der Waals surface area contributed by atoms with Crippen LogP contribution in [0.2, 0.25) is 5.02 Å². The zero-order chi connectivity index (χ0) is 12.8. The van der Waals surface area contributed by atoms with Crippen LogP contribution in [0.15, 0.2) is 18.2 Å². The molecule has 1 rings (SSSR count). The maximum Gasteiger partial charge on any atom is 0.344 e. The maximum absolute atomic E-state index is 11.0. The number of benzene rings is 1. The molecule has 1 N–H and O–H groups in total. The van der Waals surface area contributed by atoms with Gasteiger partial charge in [-0.3, -0.25) is 0 Å². The lowest BCUT2D eigenvalue weighted by Crippen LogP contribution is -2.27. The SMILES string of the molecule is CCCCC(Oc1cc(Cl)ccc1C)C(=O)O. The molecule has 1 atom stereocenters. The molecule has 0 aliphatic carbocycles. The van der Waals surface area contributed by atoms with Crippen LogP contribution in [0.5, 0.6) is 5.75 Å². The third kappa shape index (κ3) is 4.27. The van der Waals surface area contributed by atoms with E-state index in [9.17, 15) is 4.79 Å². The number of carboxylic acids is 1. The first-order valence-corrected chi connectivity index (χ1v) is 6.08. The monoisotopic (exact) mass is 256 g/mol. The van der Waals surface area contributed by atoms with Crippen molar-refractivity contribution in [1.29, 1.82) is 0 Å². The fraction of sp³-hybridized carbons (Fsp3) is 0.462. The van der Waals surface area contributed by atoms with Crippen LogP contribution in [0.4, 0.5) is 0 Å². The van der Waals surface area contributed by atoms with Crippen molar-refractivity contribution in [3.63, 3.8) is 0 Å². The van der Waals surface area contributed by atoms with E-state index in [0.717, 1.165) is 18.4 Å². The molecule has 0 aliphatic rings. The summed E-state index contributed by atoms with van der Waals surface area (Å²) in [6.07, 6.45) is 1.49. The van der Waals surface area contributed by atoms with Crippen molar-refractivity contribution in [2.45, 2.75) is 39.2 Å². The van der Waals surface area contributed by atoms with E-state index >= 15 is 0 Å². The van der Waals surface area contributed by atoms with Gasteiger partial charge in [0.15, 0.2) is 6.10 Å². The average molecular weight is 257 g/mol. The van der Waals surface area contributed by atoms with E-state index in [1.807, 2.05) is 19.9 Å². The minimum absolute atomic E-state index is 0.512. The number of aliphatic carboxylic acids is 1. The number of hydrogen-bond donors (Lipinski definition) is 1. The Hall–Kier alpha value is -1.22. The van der Waals surface area contributed by atoms with E-state index < -0.39 is 12.1 Å². The molecule has 1 aromatic carbocycles. The fourth-order valence-corrected chi connectivity index (χ4v) is 1.64. The molecule has 0 bridgehead atoms. The molecule has 0 aromatic heterocycles. The van der Waals surface area contributed by atoms with Crippen LogP contribution in [-0.2, 0) is 4.79 Å². The van der Waals surface area contributed by atoms with Crippen molar-refractivity contribution in [1.82, 2.24) is 0 Å². The molecule has 94 valence electrons. The van der Waals surface area contributed by atoms with Gasteiger partial charge in [0.1, 0.15) is 5.75 Å². The lowest BCUT2D eigenvalue weighted by atomic mass is 10.1. The van der Waals surface area contributed by atoms with Crippen LogP contribution in [0.1, 0.15) is 31.7 Å². The highest BCUT2D eigenvalue weighted by molar-refractivity contribution is 6.30. The van der Waals surface area contributed by atoms with Gasteiger partial charge in [0.2, 0.25) is 0 Å². The number of rotatable bonds is 6. The van der Waals surface area contributed by atoms with Gasteiger partial charge in [0, 0.05) is 5.02 Å². The van der Waals surface area contributed by atoms with Crippen molar-refractivity contribution in [2.75, 3.05) is 0 Å². The lowest BCUT2D eigenvalue weighted by molar-refractivity contribution is -0.145. The van der Waals surface area contributed by atoms with E-state index in [1.165, 1.54) is 0 Å². The zero-order valence-corrected chi connectivity index (χ0v) is 10.8. The van der Waals surface area contributed by atoms with Crippen LogP contribution < -0.4 is 4.74 Å². The molecule has 0 spiro atoms. The van der Waals surface area contributed by atoms with Gasteiger partial charge in [-0.05, 0) is 37.5 Å².